The van der Waals surface area contributed by atoms with Gasteiger partial charge < -0.3 is 16.2 Å². The number of aliphatic imine (C=N–C) groups is 1. The monoisotopic (exact) mass is 215 g/mol. The number of methoxy groups -OCH3 is 1. The third kappa shape index (κ3) is 1.77. The first kappa shape index (κ1) is 10.3. The fourth-order valence-electron chi connectivity index (χ4n) is 1.67. The Morgan fingerprint density at radius 2 is 1.88 bits per heavy atom. The molecule has 0 spiro atoms. The second kappa shape index (κ2) is 4.10. The molecule has 0 fully saturated rings. The number of rotatable bonds is 2. The first-order chi connectivity index (χ1) is 7.72. The molecule has 0 aliphatic carbocycles. The highest BCUT2D eigenvalue weighted by molar-refractivity contribution is 5.94. The lowest BCUT2D eigenvalue weighted by Crippen LogP contribution is -2.21. The molecule has 0 bridgehead atoms. The van der Waals surface area contributed by atoms with Gasteiger partial charge in [-0.3, -0.25) is 0 Å². The SMILES string of the molecule is COc1c(N=C(N)N)ccc2ccccc12. The van der Waals surface area contributed by atoms with Crippen molar-refractivity contribution in [1.29, 1.82) is 0 Å². The molecule has 0 unspecified atom stereocenters. The van der Waals surface area contributed by atoms with Crippen LogP contribution in [0.1, 0.15) is 0 Å². The number of ether oxygens (including phenoxy) is 1. The molecular weight excluding hydrogens is 202 g/mol. The molecule has 4 N–H and O–H groups in total. The van der Waals surface area contributed by atoms with Crippen molar-refractivity contribution in [3.05, 3.63) is 36.4 Å². The van der Waals surface area contributed by atoms with Gasteiger partial charge >= 0.3 is 0 Å². The van der Waals surface area contributed by atoms with E-state index in [1.165, 1.54) is 0 Å². The summed E-state index contributed by atoms with van der Waals surface area (Å²) in [5, 5.41) is 2.08. The van der Waals surface area contributed by atoms with Crippen molar-refractivity contribution in [1.82, 2.24) is 0 Å². The molecule has 16 heavy (non-hydrogen) atoms. The third-order valence-corrected chi connectivity index (χ3v) is 2.31. The Bertz CT molecular complexity index is 545. The Hall–Kier alpha value is -2.23. The zero-order valence-corrected chi connectivity index (χ0v) is 8.97. The van der Waals surface area contributed by atoms with Crippen LogP contribution in [0, 0.1) is 0 Å². The summed E-state index contributed by atoms with van der Waals surface area (Å²) in [6.45, 7) is 0. The minimum absolute atomic E-state index is 0.0218. The highest BCUT2D eigenvalue weighted by atomic mass is 16.5. The highest BCUT2D eigenvalue weighted by Gasteiger charge is 2.06. The van der Waals surface area contributed by atoms with Crippen molar-refractivity contribution in [3.63, 3.8) is 0 Å². The van der Waals surface area contributed by atoms with E-state index in [4.69, 9.17) is 16.2 Å². The van der Waals surface area contributed by atoms with Gasteiger partial charge in [-0.25, -0.2) is 4.99 Å². The Morgan fingerprint density at radius 3 is 2.56 bits per heavy atom. The Kier molecular flexibility index (Phi) is 2.64. The summed E-state index contributed by atoms with van der Waals surface area (Å²) in [4.78, 5) is 4.03. The molecule has 4 nitrogen and oxygen atoms in total. The molecule has 82 valence electrons. The van der Waals surface area contributed by atoms with Gasteiger partial charge in [0.05, 0.1) is 7.11 Å². The summed E-state index contributed by atoms with van der Waals surface area (Å²) in [6.07, 6.45) is 0. The molecule has 0 saturated heterocycles. The van der Waals surface area contributed by atoms with Crippen molar-refractivity contribution in [3.8, 4) is 5.75 Å². The van der Waals surface area contributed by atoms with Crippen LogP contribution in [0.15, 0.2) is 41.4 Å². The lowest BCUT2D eigenvalue weighted by molar-refractivity contribution is 0.421. The molecule has 2 rings (SSSR count). The van der Waals surface area contributed by atoms with Crippen LogP contribution >= 0.6 is 0 Å². The molecule has 0 saturated carbocycles. The topological polar surface area (TPSA) is 73.6 Å². The van der Waals surface area contributed by atoms with E-state index in [1.54, 1.807) is 7.11 Å². The van der Waals surface area contributed by atoms with Gasteiger partial charge in [-0.05, 0) is 11.5 Å². The lowest BCUT2D eigenvalue weighted by atomic mass is 10.1. The predicted octanol–water partition coefficient (Wildman–Crippen LogP) is 1.75. The molecule has 4 heteroatoms. The second-order valence-corrected chi connectivity index (χ2v) is 3.38. The van der Waals surface area contributed by atoms with Crippen molar-refractivity contribution in [2.45, 2.75) is 0 Å². The number of nitrogens with two attached hydrogens (primary N) is 2. The van der Waals surface area contributed by atoms with Crippen LogP contribution in [0.25, 0.3) is 10.8 Å². The van der Waals surface area contributed by atoms with Gasteiger partial charge in [0.15, 0.2) is 11.7 Å². The van der Waals surface area contributed by atoms with Crippen LogP contribution in [0.5, 0.6) is 5.75 Å². The Balaban J connectivity index is 2.73. The average molecular weight is 215 g/mol. The number of hydrogen-bond donors (Lipinski definition) is 2. The van der Waals surface area contributed by atoms with E-state index in [-0.39, 0.29) is 5.96 Å². The summed E-state index contributed by atoms with van der Waals surface area (Å²) in [5.41, 5.74) is 11.4. The van der Waals surface area contributed by atoms with Crippen LogP contribution in [0.3, 0.4) is 0 Å². The van der Waals surface area contributed by atoms with Gasteiger partial charge in [-0.15, -0.1) is 0 Å². The van der Waals surface area contributed by atoms with Crippen molar-refractivity contribution < 1.29 is 4.74 Å². The molecule has 0 amide bonds. The van der Waals surface area contributed by atoms with Gasteiger partial charge in [0.25, 0.3) is 0 Å². The van der Waals surface area contributed by atoms with E-state index < -0.39 is 0 Å². The number of nitrogens with zero attached hydrogens (tertiary/aromatic N) is 1. The molecule has 0 aromatic heterocycles. The standard InChI is InChI=1S/C12H13N3O/c1-16-11-9-5-3-2-4-8(9)6-7-10(11)15-12(13)14/h2-7H,1H3,(H4,13,14,15). The van der Waals surface area contributed by atoms with Crippen LogP contribution in [0.2, 0.25) is 0 Å². The summed E-state index contributed by atoms with van der Waals surface area (Å²) in [5.74, 6) is 0.708. The molecule has 0 atom stereocenters. The summed E-state index contributed by atoms with van der Waals surface area (Å²) in [6, 6.07) is 11.7. The maximum atomic E-state index is 5.36. The maximum Gasteiger partial charge on any atom is 0.191 e. The van der Waals surface area contributed by atoms with Crippen LogP contribution < -0.4 is 16.2 Å². The minimum atomic E-state index is 0.0218. The fourth-order valence-corrected chi connectivity index (χ4v) is 1.67. The molecule has 0 aliphatic rings. The second-order valence-electron chi connectivity index (χ2n) is 3.38. The van der Waals surface area contributed by atoms with Gasteiger partial charge in [-0.1, -0.05) is 30.3 Å². The zero-order chi connectivity index (χ0) is 11.5. The zero-order valence-electron chi connectivity index (χ0n) is 8.97. The number of hydrogen-bond acceptors (Lipinski definition) is 2. The maximum absolute atomic E-state index is 5.36. The van der Waals surface area contributed by atoms with E-state index in [2.05, 4.69) is 4.99 Å². The summed E-state index contributed by atoms with van der Waals surface area (Å²) < 4.78 is 5.34. The molecule has 2 aromatic carbocycles. The van der Waals surface area contributed by atoms with E-state index in [9.17, 15) is 0 Å². The van der Waals surface area contributed by atoms with Gasteiger partial charge in [0.2, 0.25) is 0 Å². The quantitative estimate of drug-likeness (QED) is 0.592. The lowest BCUT2D eigenvalue weighted by Gasteiger charge is -2.08. The molecular formula is C12H13N3O. The molecule has 2 aromatic rings. The van der Waals surface area contributed by atoms with Crippen molar-refractivity contribution >= 4 is 22.4 Å². The minimum Gasteiger partial charge on any atom is -0.494 e. The van der Waals surface area contributed by atoms with Crippen molar-refractivity contribution in [2.24, 2.45) is 16.5 Å². The first-order valence-corrected chi connectivity index (χ1v) is 4.87. The van der Waals surface area contributed by atoms with E-state index in [1.807, 2.05) is 36.4 Å². The van der Waals surface area contributed by atoms with Gasteiger partial charge in [-0.2, -0.15) is 0 Å². The van der Waals surface area contributed by atoms with Crippen molar-refractivity contribution in [2.75, 3.05) is 7.11 Å². The first-order valence-electron chi connectivity index (χ1n) is 4.87. The van der Waals surface area contributed by atoms with E-state index >= 15 is 0 Å². The molecule has 0 heterocycles. The molecule has 0 aliphatic heterocycles. The number of guanidine groups is 1. The summed E-state index contributed by atoms with van der Waals surface area (Å²) in [7, 11) is 1.60. The predicted molar refractivity (Wildman–Crippen MR) is 66.0 cm³/mol. The number of benzene rings is 2. The summed E-state index contributed by atoms with van der Waals surface area (Å²) >= 11 is 0. The highest BCUT2D eigenvalue weighted by Crippen LogP contribution is 2.35. The average Bonchev–Trinajstić information content (AvgIpc) is 2.28. The van der Waals surface area contributed by atoms with Crippen LogP contribution in [-0.2, 0) is 0 Å². The Morgan fingerprint density at radius 1 is 1.12 bits per heavy atom. The van der Waals surface area contributed by atoms with Crippen LogP contribution in [0.4, 0.5) is 5.69 Å². The van der Waals surface area contributed by atoms with Gasteiger partial charge in [0.1, 0.15) is 5.69 Å². The fraction of sp³-hybridized carbons (Fsp3) is 0.0833. The largest absolute Gasteiger partial charge is 0.494 e. The Labute approximate surface area is 93.5 Å². The van der Waals surface area contributed by atoms with E-state index in [0.29, 0.717) is 11.4 Å². The van der Waals surface area contributed by atoms with Gasteiger partial charge in [0, 0.05) is 5.39 Å². The van der Waals surface area contributed by atoms with E-state index in [0.717, 1.165) is 10.8 Å². The third-order valence-electron chi connectivity index (χ3n) is 2.31. The normalized spacial score (nSPS) is 10.1. The van der Waals surface area contributed by atoms with Crippen LogP contribution in [-0.4, -0.2) is 13.1 Å². The molecule has 0 radical (unpaired) electrons. The smallest absolute Gasteiger partial charge is 0.191 e. The number of fused-ring (bicyclic) bond motifs is 1.